The van der Waals surface area contributed by atoms with Crippen LogP contribution in [0.15, 0.2) is 70.6 Å². The molecular formula is C19H16N4O3S. The largest absolute Gasteiger partial charge is 0.445 e. The van der Waals surface area contributed by atoms with Crippen molar-refractivity contribution in [2.75, 3.05) is 11.6 Å². The lowest BCUT2D eigenvalue weighted by molar-refractivity contribution is 0.580. The molecule has 0 aliphatic heterocycles. The lowest BCUT2D eigenvalue weighted by Gasteiger charge is -2.09. The van der Waals surface area contributed by atoms with E-state index >= 15 is 0 Å². The van der Waals surface area contributed by atoms with Crippen molar-refractivity contribution in [3.63, 3.8) is 0 Å². The Morgan fingerprint density at radius 1 is 1.04 bits per heavy atom. The van der Waals surface area contributed by atoms with Crippen LogP contribution in [0.1, 0.15) is 5.69 Å². The molecular weight excluding hydrogens is 364 g/mol. The first kappa shape index (κ1) is 17.2. The topological polar surface area (TPSA) is 98.0 Å². The maximum absolute atomic E-state index is 12.0. The summed E-state index contributed by atoms with van der Waals surface area (Å²) in [4.78, 5) is 12.6. The third-order valence-electron chi connectivity index (χ3n) is 3.99. The minimum Gasteiger partial charge on any atom is -0.445 e. The highest BCUT2D eigenvalue weighted by Gasteiger charge is 2.21. The second-order valence-corrected chi connectivity index (χ2v) is 7.91. The molecule has 0 unspecified atom stereocenters. The molecule has 3 heterocycles. The molecule has 1 N–H and O–H groups in total. The van der Waals surface area contributed by atoms with Crippen LogP contribution in [0, 0.1) is 0 Å². The van der Waals surface area contributed by atoms with Gasteiger partial charge in [-0.05, 0) is 17.7 Å². The van der Waals surface area contributed by atoms with E-state index in [1.807, 2.05) is 48.5 Å². The van der Waals surface area contributed by atoms with Gasteiger partial charge in [0.05, 0.1) is 17.6 Å². The number of fused-ring (bicyclic) bond motifs is 1. The van der Waals surface area contributed by atoms with Crippen molar-refractivity contribution < 1.29 is 12.8 Å². The number of anilines is 1. The minimum atomic E-state index is -3.59. The molecule has 0 bridgehead atoms. The van der Waals surface area contributed by atoms with Gasteiger partial charge < -0.3 is 9.73 Å². The van der Waals surface area contributed by atoms with E-state index in [1.54, 1.807) is 12.5 Å². The van der Waals surface area contributed by atoms with E-state index in [2.05, 4.69) is 20.3 Å². The van der Waals surface area contributed by atoms with E-state index in [-0.39, 0.29) is 10.9 Å². The number of hydrogen-bond donors (Lipinski definition) is 1. The molecule has 7 nitrogen and oxygen atoms in total. The number of nitrogens with zero attached hydrogens (tertiary/aromatic N) is 3. The van der Waals surface area contributed by atoms with Crippen molar-refractivity contribution in [1.29, 1.82) is 0 Å². The predicted octanol–water partition coefficient (Wildman–Crippen LogP) is 3.30. The Morgan fingerprint density at radius 3 is 2.52 bits per heavy atom. The van der Waals surface area contributed by atoms with Crippen molar-refractivity contribution in [2.45, 2.75) is 11.7 Å². The molecule has 0 fully saturated rings. The fourth-order valence-electron chi connectivity index (χ4n) is 2.72. The summed E-state index contributed by atoms with van der Waals surface area (Å²) in [5.74, 6) is 0.388. The smallest absolute Gasteiger partial charge is 0.252 e. The second kappa shape index (κ2) is 6.81. The van der Waals surface area contributed by atoms with Crippen LogP contribution in [0.5, 0.6) is 0 Å². The van der Waals surface area contributed by atoms with E-state index in [9.17, 15) is 8.42 Å². The Kier molecular flexibility index (Phi) is 4.33. The first-order valence-electron chi connectivity index (χ1n) is 8.21. The summed E-state index contributed by atoms with van der Waals surface area (Å²) in [6, 6.07) is 15.2. The van der Waals surface area contributed by atoms with Crippen LogP contribution in [0.3, 0.4) is 0 Å². The van der Waals surface area contributed by atoms with Crippen molar-refractivity contribution in [3.05, 3.63) is 66.7 Å². The zero-order valence-corrected chi connectivity index (χ0v) is 15.3. The molecule has 1 aromatic carbocycles. The van der Waals surface area contributed by atoms with Gasteiger partial charge in [0.2, 0.25) is 15.6 Å². The number of aromatic nitrogens is 3. The summed E-state index contributed by atoms with van der Waals surface area (Å²) in [7, 11) is -3.59. The van der Waals surface area contributed by atoms with E-state index in [4.69, 9.17) is 4.42 Å². The summed E-state index contributed by atoms with van der Waals surface area (Å²) < 4.78 is 29.5. The third-order valence-corrected chi connectivity index (χ3v) is 4.84. The fraction of sp³-hybridized carbons (Fsp3) is 0.105. The zero-order valence-electron chi connectivity index (χ0n) is 14.5. The molecule has 0 atom stereocenters. The maximum atomic E-state index is 12.0. The van der Waals surface area contributed by atoms with Crippen LogP contribution < -0.4 is 5.32 Å². The van der Waals surface area contributed by atoms with Crippen LogP contribution >= 0.6 is 0 Å². The predicted molar refractivity (Wildman–Crippen MR) is 102 cm³/mol. The van der Waals surface area contributed by atoms with Crippen molar-refractivity contribution in [2.24, 2.45) is 0 Å². The summed E-state index contributed by atoms with van der Waals surface area (Å²) in [5.41, 5.74) is 2.73. The third kappa shape index (κ3) is 3.52. The van der Waals surface area contributed by atoms with Crippen LogP contribution in [-0.2, 0) is 16.4 Å². The van der Waals surface area contributed by atoms with Gasteiger partial charge in [0.1, 0.15) is 12.1 Å². The fourth-order valence-corrected chi connectivity index (χ4v) is 3.23. The van der Waals surface area contributed by atoms with Crippen LogP contribution in [0.25, 0.3) is 22.2 Å². The quantitative estimate of drug-likeness (QED) is 0.530. The molecule has 0 aliphatic rings. The second-order valence-electron chi connectivity index (χ2n) is 6.00. The van der Waals surface area contributed by atoms with Gasteiger partial charge >= 0.3 is 0 Å². The average molecular weight is 380 g/mol. The number of pyridine rings is 1. The highest BCUT2D eigenvalue weighted by atomic mass is 32.2. The number of hydrogen-bond acceptors (Lipinski definition) is 7. The Balaban J connectivity index is 1.86. The summed E-state index contributed by atoms with van der Waals surface area (Å²) in [6.45, 7) is 0.384. The average Bonchev–Trinajstić information content (AvgIpc) is 3.11. The Labute approximate surface area is 156 Å². The molecule has 0 radical (unpaired) electrons. The number of sulfone groups is 1. The molecule has 136 valence electrons. The maximum Gasteiger partial charge on any atom is 0.252 e. The SMILES string of the molecule is CS(=O)(=O)c1nc(NCc2ccccn2)c2c(-c3ccccc3)coc2n1. The Morgan fingerprint density at radius 2 is 1.81 bits per heavy atom. The number of rotatable bonds is 5. The zero-order chi connectivity index (χ0) is 18.9. The number of nitrogens with one attached hydrogen (secondary N) is 1. The van der Waals surface area contributed by atoms with Gasteiger partial charge in [0.15, 0.2) is 0 Å². The van der Waals surface area contributed by atoms with E-state index < -0.39 is 9.84 Å². The number of furan rings is 1. The molecule has 27 heavy (non-hydrogen) atoms. The molecule has 0 saturated carbocycles. The highest BCUT2D eigenvalue weighted by Crippen LogP contribution is 2.34. The van der Waals surface area contributed by atoms with Crippen molar-refractivity contribution >= 4 is 26.8 Å². The minimum absolute atomic E-state index is 0.216. The molecule has 3 aromatic heterocycles. The summed E-state index contributed by atoms with van der Waals surface area (Å²) in [5, 5.41) is 3.52. The molecule has 0 aliphatic carbocycles. The first-order chi connectivity index (χ1) is 13.0. The Hall–Kier alpha value is -3.26. The van der Waals surface area contributed by atoms with Gasteiger partial charge in [0.25, 0.3) is 5.16 Å². The lowest BCUT2D eigenvalue weighted by Crippen LogP contribution is -2.09. The van der Waals surface area contributed by atoms with Gasteiger partial charge in [0, 0.05) is 18.0 Å². The highest BCUT2D eigenvalue weighted by molar-refractivity contribution is 7.90. The molecule has 8 heteroatoms. The summed E-state index contributed by atoms with van der Waals surface area (Å²) in [6.07, 6.45) is 4.33. The van der Waals surface area contributed by atoms with E-state index in [0.717, 1.165) is 23.1 Å². The van der Waals surface area contributed by atoms with Gasteiger partial charge in [-0.25, -0.2) is 13.4 Å². The van der Waals surface area contributed by atoms with Gasteiger partial charge in [-0.2, -0.15) is 4.98 Å². The summed E-state index contributed by atoms with van der Waals surface area (Å²) >= 11 is 0. The van der Waals surface area contributed by atoms with Gasteiger partial charge in [-0.1, -0.05) is 36.4 Å². The molecule has 0 amide bonds. The molecule has 0 saturated heterocycles. The molecule has 4 aromatic rings. The Bertz CT molecular complexity index is 1190. The van der Waals surface area contributed by atoms with Crippen LogP contribution in [0.2, 0.25) is 0 Å². The van der Waals surface area contributed by atoms with Gasteiger partial charge in [-0.15, -0.1) is 0 Å². The first-order valence-corrected chi connectivity index (χ1v) is 10.1. The van der Waals surface area contributed by atoms with E-state index in [1.165, 1.54) is 0 Å². The molecule has 4 rings (SSSR count). The van der Waals surface area contributed by atoms with Crippen LogP contribution in [0.4, 0.5) is 5.82 Å². The normalized spacial score (nSPS) is 11.6. The van der Waals surface area contributed by atoms with Crippen LogP contribution in [-0.4, -0.2) is 29.6 Å². The van der Waals surface area contributed by atoms with Gasteiger partial charge in [-0.3, -0.25) is 4.98 Å². The molecule has 0 spiro atoms. The standard InChI is InChI=1S/C19H16N4O3S/c1-27(24,25)19-22-17(21-11-14-9-5-6-10-20-14)16-15(12-26-18(16)23-19)13-7-3-2-4-8-13/h2-10,12H,11H2,1H3,(H,21,22,23). The monoisotopic (exact) mass is 380 g/mol. The van der Waals surface area contributed by atoms with Crippen molar-refractivity contribution in [1.82, 2.24) is 15.0 Å². The lowest BCUT2D eigenvalue weighted by atomic mass is 10.1. The number of benzene rings is 1. The van der Waals surface area contributed by atoms with E-state index in [0.29, 0.717) is 17.7 Å². The van der Waals surface area contributed by atoms with Crippen molar-refractivity contribution in [3.8, 4) is 11.1 Å².